The predicted octanol–water partition coefficient (Wildman–Crippen LogP) is 3.12. The van der Waals surface area contributed by atoms with Crippen LogP contribution in [0.5, 0.6) is 5.75 Å². The van der Waals surface area contributed by atoms with E-state index in [0.29, 0.717) is 0 Å². The molecule has 2 rings (SSSR count). The third-order valence-corrected chi connectivity index (χ3v) is 2.58. The molecule has 0 radical (unpaired) electrons. The number of hydrogen-bond acceptors (Lipinski definition) is 3. The van der Waals surface area contributed by atoms with Crippen molar-refractivity contribution in [2.45, 2.75) is 13.5 Å². The van der Waals surface area contributed by atoms with Crippen LogP contribution in [0.15, 0.2) is 48.5 Å². The van der Waals surface area contributed by atoms with E-state index in [2.05, 4.69) is 0 Å². The Morgan fingerprint density at radius 3 is 2.44 bits per heavy atom. The van der Waals surface area contributed by atoms with Crippen LogP contribution in [0.4, 0.5) is 0 Å². The first-order valence-corrected chi connectivity index (χ1v) is 5.67. The van der Waals surface area contributed by atoms with E-state index in [1.54, 1.807) is 18.2 Å². The lowest BCUT2D eigenvalue weighted by Crippen LogP contribution is -1.98. The Balaban J connectivity index is 2.14. The fraction of sp³-hybridized carbons (Fsp3) is 0.133. The van der Waals surface area contributed by atoms with Crippen molar-refractivity contribution in [2.24, 2.45) is 0 Å². The zero-order valence-corrected chi connectivity index (χ0v) is 10.1. The number of benzene rings is 2. The van der Waals surface area contributed by atoms with Crippen molar-refractivity contribution in [2.75, 3.05) is 0 Å². The highest BCUT2D eigenvalue weighted by molar-refractivity contribution is 5.66. The molecule has 0 amide bonds. The first-order valence-electron chi connectivity index (χ1n) is 5.67. The number of ether oxygens (including phenoxy) is 1. The molecule has 92 valence electrons. The van der Waals surface area contributed by atoms with Gasteiger partial charge in [0.05, 0.1) is 0 Å². The van der Waals surface area contributed by atoms with Crippen LogP contribution in [0, 0.1) is 0 Å². The molecule has 0 aliphatic carbocycles. The largest absolute Gasteiger partial charge is 0.508 e. The molecule has 0 heterocycles. The third kappa shape index (κ3) is 3.10. The number of esters is 1. The molecule has 0 aromatic heterocycles. The number of hydrogen-bond donors (Lipinski definition) is 1. The predicted molar refractivity (Wildman–Crippen MR) is 69.0 cm³/mol. The summed E-state index contributed by atoms with van der Waals surface area (Å²) in [7, 11) is 0. The lowest BCUT2D eigenvalue weighted by molar-refractivity contribution is -0.142. The van der Waals surface area contributed by atoms with E-state index >= 15 is 0 Å². The summed E-state index contributed by atoms with van der Waals surface area (Å²) in [5, 5.41) is 9.42. The van der Waals surface area contributed by atoms with Gasteiger partial charge in [-0.1, -0.05) is 36.4 Å². The summed E-state index contributed by atoms with van der Waals surface area (Å²) in [6.07, 6.45) is 0. The molecule has 2 aromatic carbocycles. The minimum atomic E-state index is -0.285. The summed E-state index contributed by atoms with van der Waals surface area (Å²) in [4.78, 5) is 10.7. The Hall–Kier alpha value is -2.29. The van der Waals surface area contributed by atoms with E-state index in [1.165, 1.54) is 6.92 Å². The average molecular weight is 242 g/mol. The molecule has 3 heteroatoms. The van der Waals surface area contributed by atoms with Crippen LogP contribution in [-0.4, -0.2) is 11.1 Å². The van der Waals surface area contributed by atoms with Crippen LogP contribution in [0.2, 0.25) is 0 Å². The van der Waals surface area contributed by atoms with Gasteiger partial charge < -0.3 is 9.84 Å². The van der Waals surface area contributed by atoms with Gasteiger partial charge in [-0.05, 0) is 28.8 Å². The third-order valence-electron chi connectivity index (χ3n) is 2.58. The highest BCUT2D eigenvalue weighted by Crippen LogP contribution is 2.23. The minimum Gasteiger partial charge on any atom is -0.508 e. The number of rotatable bonds is 3. The summed E-state index contributed by atoms with van der Waals surface area (Å²) in [6, 6.07) is 14.8. The van der Waals surface area contributed by atoms with Crippen LogP contribution >= 0.6 is 0 Å². The molecular formula is C15H14O3. The number of phenolic OH excluding ortho intramolecular Hbond substituents is 1. The van der Waals surface area contributed by atoms with Gasteiger partial charge in [0.1, 0.15) is 12.4 Å². The number of aromatic hydroxyl groups is 1. The monoisotopic (exact) mass is 242 g/mol. The maximum absolute atomic E-state index is 10.7. The maximum Gasteiger partial charge on any atom is 0.302 e. The zero-order valence-electron chi connectivity index (χ0n) is 10.1. The van der Waals surface area contributed by atoms with Gasteiger partial charge in [0, 0.05) is 6.92 Å². The molecule has 0 aliphatic heterocycles. The highest BCUT2D eigenvalue weighted by Gasteiger charge is 2.00. The van der Waals surface area contributed by atoms with Crippen LogP contribution in [0.25, 0.3) is 11.1 Å². The lowest BCUT2D eigenvalue weighted by atomic mass is 10.0. The smallest absolute Gasteiger partial charge is 0.302 e. The van der Waals surface area contributed by atoms with E-state index in [9.17, 15) is 9.90 Å². The standard InChI is InChI=1S/C15H14O3/c1-11(16)18-10-12-5-7-13(8-6-12)14-3-2-4-15(17)9-14/h2-9,17H,10H2,1H3. The molecule has 0 atom stereocenters. The molecule has 0 aliphatic rings. The second-order valence-corrected chi connectivity index (χ2v) is 4.03. The van der Waals surface area contributed by atoms with Crippen molar-refractivity contribution < 1.29 is 14.6 Å². The maximum atomic E-state index is 10.7. The van der Waals surface area contributed by atoms with Gasteiger partial charge in [-0.3, -0.25) is 4.79 Å². The van der Waals surface area contributed by atoms with E-state index in [1.807, 2.05) is 30.3 Å². The summed E-state index contributed by atoms with van der Waals surface area (Å²) in [6.45, 7) is 1.68. The Morgan fingerprint density at radius 1 is 1.11 bits per heavy atom. The fourth-order valence-electron chi connectivity index (χ4n) is 1.66. The molecule has 0 saturated carbocycles. The average Bonchev–Trinajstić information content (AvgIpc) is 2.37. The van der Waals surface area contributed by atoms with Crippen molar-refractivity contribution in [3.05, 3.63) is 54.1 Å². The van der Waals surface area contributed by atoms with E-state index in [-0.39, 0.29) is 18.3 Å². The second-order valence-electron chi connectivity index (χ2n) is 4.03. The Kier molecular flexibility index (Phi) is 3.63. The van der Waals surface area contributed by atoms with Crippen molar-refractivity contribution in [1.29, 1.82) is 0 Å². The van der Waals surface area contributed by atoms with Gasteiger partial charge in [0.25, 0.3) is 0 Å². The first kappa shape index (κ1) is 12.2. The van der Waals surface area contributed by atoms with E-state index < -0.39 is 0 Å². The summed E-state index contributed by atoms with van der Waals surface area (Å²) >= 11 is 0. The van der Waals surface area contributed by atoms with Crippen LogP contribution < -0.4 is 0 Å². The minimum absolute atomic E-state index is 0.247. The SMILES string of the molecule is CC(=O)OCc1ccc(-c2cccc(O)c2)cc1. The molecule has 1 N–H and O–H groups in total. The molecule has 18 heavy (non-hydrogen) atoms. The van der Waals surface area contributed by atoms with Gasteiger partial charge in [-0.2, -0.15) is 0 Å². The normalized spacial score (nSPS) is 10.1. The summed E-state index contributed by atoms with van der Waals surface area (Å²) in [5.74, 6) is -0.0384. The van der Waals surface area contributed by atoms with Crippen molar-refractivity contribution in [3.63, 3.8) is 0 Å². The van der Waals surface area contributed by atoms with Gasteiger partial charge in [0.15, 0.2) is 0 Å². The van der Waals surface area contributed by atoms with Crippen LogP contribution in [0.3, 0.4) is 0 Å². The van der Waals surface area contributed by atoms with Gasteiger partial charge >= 0.3 is 5.97 Å². The number of phenols is 1. The fourth-order valence-corrected chi connectivity index (χ4v) is 1.66. The Bertz CT molecular complexity index is 544. The Morgan fingerprint density at radius 2 is 1.83 bits per heavy atom. The highest BCUT2D eigenvalue weighted by atomic mass is 16.5. The molecule has 0 unspecified atom stereocenters. The van der Waals surface area contributed by atoms with Gasteiger partial charge in [0.2, 0.25) is 0 Å². The molecule has 0 saturated heterocycles. The first-order chi connectivity index (χ1) is 8.65. The van der Waals surface area contributed by atoms with Crippen molar-refractivity contribution in [1.82, 2.24) is 0 Å². The molecule has 0 bridgehead atoms. The molecule has 0 spiro atoms. The van der Waals surface area contributed by atoms with Crippen molar-refractivity contribution >= 4 is 5.97 Å². The van der Waals surface area contributed by atoms with Crippen LogP contribution in [0.1, 0.15) is 12.5 Å². The van der Waals surface area contributed by atoms with E-state index in [0.717, 1.165) is 16.7 Å². The van der Waals surface area contributed by atoms with Gasteiger partial charge in [-0.25, -0.2) is 0 Å². The van der Waals surface area contributed by atoms with Crippen molar-refractivity contribution in [3.8, 4) is 16.9 Å². The number of carbonyl (C=O) groups excluding carboxylic acids is 1. The zero-order chi connectivity index (χ0) is 13.0. The molecular weight excluding hydrogens is 228 g/mol. The lowest BCUT2D eigenvalue weighted by Gasteiger charge is -2.05. The second kappa shape index (κ2) is 5.36. The molecule has 3 nitrogen and oxygen atoms in total. The quantitative estimate of drug-likeness (QED) is 0.841. The van der Waals surface area contributed by atoms with Gasteiger partial charge in [-0.15, -0.1) is 0 Å². The summed E-state index contributed by atoms with van der Waals surface area (Å²) < 4.78 is 4.91. The molecule has 2 aromatic rings. The Labute approximate surface area is 106 Å². The topological polar surface area (TPSA) is 46.5 Å². The number of carbonyl (C=O) groups is 1. The van der Waals surface area contributed by atoms with E-state index in [4.69, 9.17) is 4.74 Å². The molecule has 0 fully saturated rings. The summed E-state index contributed by atoms with van der Waals surface area (Å²) in [5.41, 5.74) is 2.90. The van der Waals surface area contributed by atoms with Crippen LogP contribution in [-0.2, 0) is 16.1 Å².